The van der Waals surface area contributed by atoms with Crippen LogP contribution in [0.2, 0.25) is 0 Å². The molecule has 29 heavy (non-hydrogen) atoms. The number of carboxylic acid groups (broad SMARTS) is 1. The summed E-state index contributed by atoms with van der Waals surface area (Å²) in [4.78, 5) is 40.7. The van der Waals surface area contributed by atoms with Crippen molar-refractivity contribution in [1.29, 1.82) is 0 Å². The van der Waals surface area contributed by atoms with Crippen molar-refractivity contribution in [2.24, 2.45) is 0 Å². The second kappa shape index (κ2) is 11.3. The van der Waals surface area contributed by atoms with Crippen LogP contribution in [0.4, 0.5) is 0 Å². The van der Waals surface area contributed by atoms with Crippen LogP contribution in [-0.4, -0.2) is 58.5 Å². The number of aryl methyl sites for hydroxylation is 2. The number of aliphatic carboxylic acids is 1. The van der Waals surface area contributed by atoms with Gasteiger partial charge in [0.2, 0.25) is 11.8 Å². The number of amides is 2. The van der Waals surface area contributed by atoms with Crippen molar-refractivity contribution in [2.45, 2.75) is 77.4 Å². The van der Waals surface area contributed by atoms with Gasteiger partial charge in [0.05, 0.1) is 12.2 Å². The lowest BCUT2D eigenvalue weighted by molar-refractivity contribution is -0.134. The number of nitrogens with one attached hydrogen (secondary N) is 2. The van der Waals surface area contributed by atoms with Gasteiger partial charge in [-0.1, -0.05) is 0 Å². The van der Waals surface area contributed by atoms with Gasteiger partial charge in [0.15, 0.2) is 0 Å². The molecule has 0 unspecified atom stereocenters. The van der Waals surface area contributed by atoms with E-state index >= 15 is 0 Å². The average Bonchev–Trinajstić information content (AvgIpc) is 3.21. The number of thiazole rings is 1. The van der Waals surface area contributed by atoms with Gasteiger partial charge in [-0.25, -0.2) is 4.98 Å². The van der Waals surface area contributed by atoms with Crippen molar-refractivity contribution < 1.29 is 19.5 Å². The molecule has 0 saturated carbocycles. The van der Waals surface area contributed by atoms with Crippen LogP contribution in [0.25, 0.3) is 0 Å². The molecule has 1 saturated heterocycles. The van der Waals surface area contributed by atoms with Crippen LogP contribution in [0.15, 0.2) is 0 Å². The van der Waals surface area contributed by atoms with Gasteiger partial charge in [0.25, 0.3) is 5.97 Å². The van der Waals surface area contributed by atoms with Gasteiger partial charge in [-0.3, -0.25) is 19.3 Å². The van der Waals surface area contributed by atoms with E-state index in [0.717, 1.165) is 37.6 Å². The fraction of sp³-hybridized carbons (Fsp3) is 0.700. The molecule has 162 valence electrons. The van der Waals surface area contributed by atoms with Gasteiger partial charge in [-0.2, -0.15) is 0 Å². The standard InChI is InChI=1S/C18H28N4O2S.C2H4O2/c1-12(23)19-10-14-8-7-13(22(14)2)9-17(24)20-11-18-21-15-5-3-4-6-16(15)25-18;1-2(3)4/h13-14H,3-11H2,1-2H3,(H,19,23)(H,20,24);1H3,(H,3,4)/t13-,14+;/m0./s1. The highest BCUT2D eigenvalue weighted by atomic mass is 32.1. The molecule has 0 aromatic carbocycles. The van der Waals surface area contributed by atoms with Gasteiger partial charge >= 0.3 is 0 Å². The van der Waals surface area contributed by atoms with Crippen LogP contribution in [0, 0.1) is 0 Å². The summed E-state index contributed by atoms with van der Waals surface area (Å²) in [6.07, 6.45) is 7.25. The second-order valence-electron chi connectivity index (χ2n) is 7.67. The molecule has 3 N–H and O–H groups in total. The molecule has 1 fully saturated rings. The molecule has 1 aliphatic carbocycles. The predicted molar refractivity (Wildman–Crippen MR) is 112 cm³/mol. The van der Waals surface area contributed by atoms with Gasteiger partial charge in [-0.05, 0) is 45.6 Å². The van der Waals surface area contributed by atoms with Gasteiger partial charge in [-0.15, -0.1) is 11.3 Å². The van der Waals surface area contributed by atoms with Crippen molar-refractivity contribution in [3.05, 3.63) is 15.6 Å². The first kappa shape index (κ1) is 23.3. The van der Waals surface area contributed by atoms with Crippen LogP contribution in [-0.2, 0) is 33.8 Å². The van der Waals surface area contributed by atoms with E-state index in [1.165, 1.54) is 30.3 Å². The zero-order valence-corrected chi connectivity index (χ0v) is 18.3. The third kappa shape index (κ3) is 7.74. The lowest BCUT2D eigenvalue weighted by Crippen LogP contribution is -2.41. The minimum Gasteiger partial charge on any atom is -0.481 e. The van der Waals surface area contributed by atoms with Crippen molar-refractivity contribution in [1.82, 2.24) is 20.5 Å². The molecule has 8 nitrogen and oxygen atoms in total. The van der Waals surface area contributed by atoms with Crippen LogP contribution in [0.3, 0.4) is 0 Å². The van der Waals surface area contributed by atoms with E-state index in [2.05, 4.69) is 20.5 Å². The summed E-state index contributed by atoms with van der Waals surface area (Å²) in [5.41, 5.74) is 1.25. The lowest BCUT2D eigenvalue weighted by atomic mass is 10.0. The lowest BCUT2D eigenvalue weighted by Gasteiger charge is -2.25. The highest BCUT2D eigenvalue weighted by molar-refractivity contribution is 7.11. The first-order chi connectivity index (χ1) is 13.8. The first-order valence-electron chi connectivity index (χ1n) is 10.2. The molecule has 0 bridgehead atoms. The number of carbonyl (C=O) groups is 3. The molecule has 1 aromatic heterocycles. The Hall–Kier alpha value is -2.00. The van der Waals surface area contributed by atoms with Crippen LogP contribution in [0.1, 0.15) is 61.5 Å². The quantitative estimate of drug-likeness (QED) is 0.641. The van der Waals surface area contributed by atoms with E-state index in [-0.39, 0.29) is 17.9 Å². The number of carbonyl (C=O) groups excluding carboxylic acids is 2. The average molecular weight is 425 g/mol. The number of hydrogen-bond donors (Lipinski definition) is 3. The molecule has 2 aliphatic rings. The summed E-state index contributed by atoms with van der Waals surface area (Å²) in [6, 6.07) is 0.579. The Morgan fingerprint density at radius 2 is 1.79 bits per heavy atom. The molecule has 1 aliphatic heterocycles. The maximum Gasteiger partial charge on any atom is 0.300 e. The van der Waals surface area contributed by atoms with Gasteiger partial charge in [0.1, 0.15) is 5.01 Å². The minimum atomic E-state index is -0.833. The third-order valence-electron chi connectivity index (χ3n) is 5.32. The van der Waals surface area contributed by atoms with Crippen molar-refractivity contribution in [3.63, 3.8) is 0 Å². The Labute approximate surface area is 176 Å². The fourth-order valence-electron chi connectivity index (χ4n) is 3.79. The Bertz CT molecular complexity index is 694. The summed E-state index contributed by atoms with van der Waals surface area (Å²) >= 11 is 1.75. The molecule has 9 heteroatoms. The van der Waals surface area contributed by atoms with Crippen LogP contribution >= 0.6 is 11.3 Å². The molecule has 0 radical (unpaired) electrons. The minimum absolute atomic E-state index is 0.000683. The smallest absolute Gasteiger partial charge is 0.300 e. The van der Waals surface area contributed by atoms with E-state index in [1.54, 1.807) is 11.3 Å². The van der Waals surface area contributed by atoms with Crippen molar-refractivity contribution in [2.75, 3.05) is 13.6 Å². The van der Waals surface area contributed by atoms with E-state index in [9.17, 15) is 9.59 Å². The number of nitrogens with zero attached hydrogens (tertiary/aromatic N) is 2. The van der Waals surface area contributed by atoms with E-state index in [4.69, 9.17) is 9.90 Å². The number of carboxylic acids is 1. The predicted octanol–water partition coefficient (Wildman–Crippen LogP) is 1.72. The maximum atomic E-state index is 12.3. The third-order valence-corrected chi connectivity index (χ3v) is 6.48. The summed E-state index contributed by atoms with van der Waals surface area (Å²) in [5, 5.41) is 14.4. The topological polar surface area (TPSA) is 112 Å². The number of likely N-dealkylation sites (tertiary alicyclic amines) is 1. The normalized spacial score (nSPS) is 20.9. The SMILES string of the molecule is CC(=O)NC[C@H]1CC[C@@H](CC(=O)NCc2nc3c(s2)CCCC3)N1C.CC(=O)O. The highest BCUT2D eigenvalue weighted by Gasteiger charge is 2.31. The summed E-state index contributed by atoms with van der Waals surface area (Å²) in [6.45, 7) is 3.83. The zero-order valence-electron chi connectivity index (χ0n) is 17.5. The number of fused-ring (bicyclic) bond motifs is 1. The molecule has 2 atom stereocenters. The van der Waals surface area contributed by atoms with Crippen LogP contribution < -0.4 is 10.6 Å². The first-order valence-corrected chi connectivity index (χ1v) is 11.0. The van der Waals surface area contributed by atoms with Crippen molar-refractivity contribution >= 4 is 29.1 Å². The Morgan fingerprint density at radius 1 is 1.14 bits per heavy atom. The van der Waals surface area contributed by atoms with Crippen molar-refractivity contribution in [3.8, 4) is 0 Å². The fourth-order valence-corrected chi connectivity index (χ4v) is 4.88. The van der Waals surface area contributed by atoms with E-state index < -0.39 is 5.97 Å². The van der Waals surface area contributed by atoms with E-state index in [1.807, 2.05) is 7.05 Å². The zero-order chi connectivity index (χ0) is 21.4. The largest absolute Gasteiger partial charge is 0.481 e. The van der Waals surface area contributed by atoms with Crippen LogP contribution in [0.5, 0.6) is 0 Å². The highest BCUT2D eigenvalue weighted by Crippen LogP contribution is 2.27. The Kier molecular flexibility index (Phi) is 9.03. The molecule has 0 spiro atoms. The molecular formula is C20H32N4O4S. The molecule has 2 amide bonds. The molecule has 2 heterocycles. The summed E-state index contributed by atoms with van der Waals surface area (Å²) < 4.78 is 0. The number of aromatic nitrogens is 1. The number of hydrogen-bond acceptors (Lipinski definition) is 6. The molecule has 1 aromatic rings. The van der Waals surface area contributed by atoms with Gasteiger partial charge in [0, 0.05) is 43.8 Å². The summed E-state index contributed by atoms with van der Waals surface area (Å²) in [5.74, 6) is -0.745. The molecular weight excluding hydrogens is 392 g/mol. The Balaban J connectivity index is 0.000000687. The van der Waals surface area contributed by atoms with Gasteiger partial charge < -0.3 is 15.7 Å². The Morgan fingerprint density at radius 3 is 2.45 bits per heavy atom. The maximum absolute atomic E-state index is 12.3. The number of likely N-dealkylation sites (N-methyl/N-ethyl adjacent to an activating group) is 1. The number of rotatable bonds is 6. The van der Waals surface area contributed by atoms with E-state index in [0.29, 0.717) is 25.6 Å². The molecule has 3 rings (SSSR count). The summed E-state index contributed by atoms with van der Waals surface area (Å²) in [7, 11) is 2.05. The second-order valence-corrected chi connectivity index (χ2v) is 8.84. The monoisotopic (exact) mass is 424 g/mol.